The van der Waals surface area contributed by atoms with Gasteiger partial charge in [-0.2, -0.15) is 0 Å². The van der Waals surface area contributed by atoms with Gasteiger partial charge < -0.3 is 27.5 Å². The second-order valence-corrected chi connectivity index (χ2v) is 6.48. The predicted octanol–water partition coefficient (Wildman–Crippen LogP) is 2.94. The van der Waals surface area contributed by atoms with Gasteiger partial charge in [-0.1, -0.05) is 13.8 Å². The lowest BCUT2D eigenvalue weighted by Crippen LogP contribution is -2.12. The van der Waals surface area contributed by atoms with E-state index in [9.17, 15) is 0 Å². The van der Waals surface area contributed by atoms with Gasteiger partial charge in [0.05, 0.1) is 11.0 Å². The van der Waals surface area contributed by atoms with Crippen molar-refractivity contribution in [1.29, 1.82) is 5.41 Å². The molecule has 2 aromatic rings. The zero-order chi connectivity index (χ0) is 20.0. The molecule has 0 fully saturated rings. The van der Waals surface area contributed by atoms with Crippen molar-refractivity contribution in [1.82, 2.24) is 15.3 Å². The first-order chi connectivity index (χ1) is 12.8. The number of hydrogen-bond acceptors (Lipinski definition) is 7. The van der Waals surface area contributed by atoms with Crippen molar-refractivity contribution in [2.45, 2.75) is 20.8 Å². The predicted molar refractivity (Wildman–Crippen MR) is 113 cm³/mol. The zero-order valence-electron chi connectivity index (χ0n) is 16.2. The van der Waals surface area contributed by atoms with Gasteiger partial charge in [-0.25, -0.2) is 4.98 Å². The Morgan fingerprint density at radius 1 is 1.26 bits per heavy atom. The van der Waals surface area contributed by atoms with Crippen molar-refractivity contribution in [3.63, 3.8) is 0 Å². The Labute approximate surface area is 159 Å². The Balaban J connectivity index is 2.37. The van der Waals surface area contributed by atoms with Crippen LogP contribution in [-0.2, 0) is 0 Å². The van der Waals surface area contributed by atoms with Gasteiger partial charge in [0, 0.05) is 36.3 Å². The minimum Gasteiger partial charge on any atom is -0.404 e. The average molecular weight is 365 g/mol. The highest BCUT2D eigenvalue weighted by atomic mass is 15.1. The smallest absolute Gasteiger partial charge is 0.132 e. The van der Waals surface area contributed by atoms with E-state index < -0.39 is 0 Å². The normalized spacial score (nSPS) is 13.1. The molecule has 27 heavy (non-hydrogen) atoms. The highest BCUT2D eigenvalue weighted by Crippen LogP contribution is 2.20. The van der Waals surface area contributed by atoms with E-state index in [2.05, 4.69) is 20.6 Å². The number of anilines is 1. The van der Waals surface area contributed by atoms with E-state index >= 15 is 0 Å². The first-order valence-corrected chi connectivity index (χ1v) is 8.71. The lowest BCUT2D eigenvalue weighted by atomic mass is 10.0. The van der Waals surface area contributed by atoms with Crippen molar-refractivity contribution in [2.75, 3.05) is 12.4 Å². The summed E-state index contributed by atoms with van der Waals surface area (Å²) in [4.78, 5) is 9.04. The monoisotopic (exact) mass is 365 g/mol. The van der Waals surface area contributed by atoms with Crippen LogP contribution in [0.5, 0.6) is 0 Å². The minimum absolute atomic E-state index is 0.272. The van der Waals surface area contributed by atoms with E-state index in [0.29, 0.717) is 22.9 Å². The number of hydrogen-bond donors (Lipinski definition) is 5. The fourth-order valence-electron chi connectivity index (χ4n) is 2.55. The van der Waals surface area contributed by atoms with Crippen LogP contribution in [0.2, 0.25) is 0 Å². The molecule has 7 heteroatoms. The molecular formula is C20H27N7. The molecule has 0 unspecified atom stereocenters. The van der Waals surface area contributed by atoms with E-state index in [1.165, 1.54) is 0 Å². The maximum Gasteiger partial charge on any atom is 0.132 e. The Hall–Kier alpha value is -3.35. The number of nitrogens with two attached hydrogens (primary N) is 2. The molecule has 2 aromatic heterocycles. The van der Waals surface area contributed by atoms with Crippen molar-refractivity contribution >= 4 is 28.1 Å². The number of allylic oxidation sites excluding steroid dienone is 3. The Morgan fingerprint density at radius 3 is 2.59 bits per heavy atom. The summed E-state index contributed by atoms with van der Waals surface area (Å²) >= 11 is 0. The zero-order valence-corrected chi connectivity index (χ0v) is 16.2. The second-order valence-electron chi connectivity index (χ2n) is 6.48. The van der Waals surface area contributed by atoms with E-state index in [0.717, 1.165) is 22.2 Å². The molecule has 0 bridgehead atoms. The van der Waals surface area contributed by atoms with Crippen LogP contribution in [0.1, 0.15) is 26.3 Å². The Morgan fingerprint density at radius 2 is 2.00 bits per heavy atom. The Bertz CT molecular complexity index is 923. The molecule has 0 radical (unpaired) electrons. The lowest BCUT2D eigenvalue weighted by Gasteiger charge is -2.11. The molecule has 0 amide bonds. The van der Waals surface area contributed by atoms with Crippen LogP contribution in [0.4, 0.5) is 5.82 Å². The Kier molecular flexibility index (Phi) is 6.54. The van der Waals surface area contributed by atoms with Crippen LogP contribution in [0.25, 0.3) is 16.6 Å². The third-order valence-electron chi connectivity index (χ3n) is 3.99. The number of nitrogens with zero attached hydrogens (tertiary/aromatic N) is 2. The maximum atomic E-state index is 7.94. The number of aromatic nitrogens is 2. The van der Waals surface area contributed by atoms with Crippen LogP contribution in [0.3, 0.4) is 0 Å². The number of fused-ring (bicyclic) bond motifs is 1. The average Bonchev–Trinajstić information content (AvgIpc) is 2.63. The molecular weight excluding hydrogens is 338 g/mol. The van der Waals surface area contributed by atoms with Crippen molar-refractivity contribution < 1.29 is 0 Å². The standard InChI is InChI=1S/C20H27N7/c1-12(2)14(9-21)8-19(23)27-20-6-5-17-18(26-20)7-15(10-25-17)16(11-24-4)13(3)22/h5-12,22,24H,21,23H2,1-4H3,(H,26,27)/b14-9+,16-11+,19-8+,22-13?. The quantitative estimate of drug-likeness (QED) is 0.379. The molecule has 7 N–H and O–H groups in total. The summed E-state index contributed by atoms with van der Waals surface area (Å²) in [5, 5.41) is 14.0. The molecule has 0 aliphatic heterocycles. The second kappa shape index (κ2) is 8.84. The van der Waals surface area contributed by atoms with Gasteiger partial charge in [-0.05, 0) is 48.9 Å². The largest absolute Gasteiger partial charge is 0.404 e. The fourth-order valence-corrected chi connectivity index (χ4v) is 2.55. The van der Waals surface area contributed by atoms with Crippen molar-refractivity contribution in [2.24, 2.45) is 17.4 Å². The summed E-state index contributed by atoms with van der Waals surface area (Å²) in [5.74, 6) is 1.34. The van der Waals surface area contributed by atoms with Gasteiger partial charge >= 0.3 is 0 Å². The van der Waals surface area contributed by atoms with E-state index in [1.54, 1.807) is 38.6 Å². The highest BCUT2D eigenvalue weighted by molar-refractivity contribution is 6.21. The van der Waals surface area contributed by atoms with Crippen LogP contribution in [0.15, 0.2) is 54.3 Å². The molecule has 0 atom stereocenters. The van der Waals surface area contributed by atoms with Gasteiger partial charge in [0.15, 0.2) is 0 Å². The fraction of sp³-hybridized carbons (Fsp3) is 0.250. The van der Waals surface area contributed by atoms with Gasteiger partial charge in [0.1, 0.15) is 11.6 Å². The van der Waals surface area contributed by atoms with Gasteiger partial charge in [0.25, 0.3) is 0 Å². The first kappa shape index (κ1) is 20.0. The molecule has 0 saturated heterocycles. The highest BCUT2D eigenvalue weighted by Gasteiger charge is 2.08. The molecule has 142 valence electrons. The van der Waals surface area contributed by atoms with Crippen molar-refractivity contribution in [3.05, 3.63) is 59.8 Å². The van der Waals surface area contributed by atoms with E-state index in [4.69, 9.17) is 16.9 Å². The topological polar surface area (TPSA) is 126 Å². The van der Waals surface area contributed by atoms with E-state index in [-0.39, 0.29) is 5.92 Å². The summed E-state index contributed by atoms with van der Waals surface area (Å²) in [7, 11) is 1.80. The lowest BCUT2D eigenvalue weighted by molar-refractivity contribution is 0.786. The molecule has 0 aliphatic carbocycles. The third-order valence-corrected chi connectivity index (χ3v) is 3.99. The van der Waals surface area contributed by atoms with Crippen molar-refractivity contribution in [3.8, 4) is 0 Å². The van der Waals surface area contributed by atoms with Gasteiger partial charge in [-0.3, -0.25) is 4.98 Å². The number of rotatable bonds is 7. The molecule has 0 saturated carbocycles. The molecule has 2 heterocycles. The summed E-state index contributed by atoms with van der Waals surface area (Å²) < 4.78 is 0. The van der Waals surface area contributed by atoms with Gasteiger partial charge in [0.2, 0.25) is 0 Å². The molecule has 0 spiro atoms. The molecule has 0 aliphatic rings. The number of nitrogens with one attached hydrogen (secondary N) is 3. The number of pyridine rings is 2. The van der Waals surface area contributed by atoms with Crippen LogP contribution < -0.4 is 22.1 Å². The maximum absolute atomic E-state index is 7.94. The van der Waals surface area contributed by atoms with Crippen LogP contribution in [0, 0.1) is 11.3 Å². The molecule has 0 aromatic carbocycles. The van der Waals surface area contributed by atoms with Crippen LogP contribution in [-0.4, -0.2) is 22.7 Å². The summed E-state index contributed by atoms with van der Waals surface area (Å²) in [5.41, 5.74) is 16.2. The summed E-state index contributed by atoms with van der Waals surface area (Å²) in [6, 6.07) is 5.61. The SMILES string of the molecule is CN/C=C(\C(C)=N)c1cnc2ccc(N/C(N)=C/C(=C\N)C(C)C)nc2c1. The summed E-state index contributed by atoms with van der Waals surface area (Å²) in [6.45, 7) is 5.83. The third kappa shape index (κ3) is 5.07. The van der Waals surface area contributed by atoms with E-state index in [1.807, 2.05) is 32.0 Å². The summed E-state index contributed by atoms with van der Waals surface area (Å²) in [6.07, 6.45) is 6.88. The molecule has 7 nitrogen and oxygen atoms in total. The van der Waals surface area contributed by atoms with Gasteiger partial charge in [-0.15, -0.1) is 0 Å². The molecule has 2 rings (SSSR count). The van der Waals surface area contributed by atoms with Crippen LogP contribution >= 0.6 is 0 Å². The minimum atomic E-state index is 0.272. The first-order valence-electron chi connectivity index (χ1n) is 8.71.